The minimum atomic E-state index is -0.518. The number of hydrogen-bond donors (Lipinski definition) is 1. The van der Waals surface area contributed by atoms with Crippen molar-refractivity contribution < 1.29 is 19.6 Å². The lowest BCUT2D eigenvalue weighted by Crippen LogP contribution is -2.27. The molecule has 0 bridgehead atoms. The summed E-state index contributed by atoms with van der Waals surface area (Å²) in [5, 5.41) is 19.8. The summed E-state index contributed by atoms with van der Waals surface area (Å²) in [4.78, 5) is 36.1. The minimum absolute atomic E-state index is 0.0241. The number of hydrogen-bond acceptors (Lipinski definition) is 6. The fourth-order valence-corrected chi connectivity index (χ4v) is 3.33. The van der Waals surface area contributed by atoms with Gasteiger partial charge in [-0.05, 0) is 41.1 Å². The zero-order valence-corrected chi connectivity index (χ0v) is 14.7. The molecule has 132 valence electrons. The first kappa shape index (κ1) is 18.0. The van der Waals surface area contributed by atoms with Gasteiger partial charge in [-0.3, -0.25) is 24.6 Å². The van der Waals surface area contributed by atoms with Gasteiger partial charge >= 0.3 is 0 Å². The Morgan fingerprint density at radius 1 is 1.19 bits per heavy atom. The van der Waals surface area contributed by atoms with Crippen molar-refractivity contribution in [1.82, 2.24) is 4.90 Å². The highest BCUT2D eigenvalue weighted by molar-refractivity contribution is 8.18. The number of non-ortho nitro benzene ring substituents is 1. The number of thioether (sulfide) groups is 1. The van der Waals surface area contributed by atoms with E-state index in [9.17, 15) is 24.8 Å². The summed E-state index contributed by atoms with van der Waals surface area (Å²) in [5.41, 5.74) is 1.12. The number of phenolic OH excluding ortho intramolecular Hbond substituents is 1. The van der Waals surface area contributed by atoms with E-state index in [0.717, 1.165) is 16.7 Å². The van der Waals surface area contributed by atoms with E-state index in [-0.39, 0.29) is 27.9 Å². The van der Waals surface area contributed by atoms with Gasteiger partial charge in [-0.15, -0.1) is 0 Å². The molecule has 2 aromatic carbocycles. The van der Waals surface area contributed by atoms with E-state index in [0.29, 0.717) is 11.1 Å². The van der Waals surface area contributed by atoms with Crippen LogP contribution in [0, 0.1) is 10.1 Å². The van der Waals surface area contributed by atoms with Gasteiger partial charge in [0.25, 0.3) is 16.8 Å². The number of imide groups is 1. The predicted octanol–water partition coefficient (Wildman–Crippen LogP) is 4.19. The predicted molar refractivity (Wildman–Crippen MR) is 97.7 cm³/mol. The molecular weight excluding hydrogens is 380 g/mol. The molecular formula is C17H11ClN2O5S. The number of phenols is 1. The Labute approximate surface area is 157 Å². The van der Waals surface area contributed by atoms with Crippen molar-refractivity contribution in [3.63, 3.8) is 0 Å². The summed E-state index contributed by atoms with van der Waals surface area (Å²) in [6.45, 7) is 0.0241. The standard InChI is InChI=1S/C17H11ClN2O5S/c18-13-7-11(3-6-14(13)21)8-15-16(22)19(17(23)26-15)9-10-1-4-12(5-2-10)20(24)25/h1-8,21H,9H2/b15-8+. The van der Waals surface area contributed by atoms with Crippen LogP contribution in [-0.4, -0.2) is 26.1 Å². The van der Waals surface area contributed by atoms with Crippen molar-refractivity contribution in [2.24, 2.45) is 0 Å². The quantitative estimate of drug-likeness (QED) is 0.477. The van der Waals surface area contributed by atoms with Crippen LogP contribution in [0.3, 0.4) is 0 Å². The van der Waals surface area contributed by atoms with E-state index < -0.39 is 16.1 Å². The number of aromatic hydroxyl groups is 1. The lowest BCUT2D eigenvalue weighted by molar-refractivity contribution is -0.384. The molecule has 9 heteroatoms. The first-order valence-electron chi connectivity index (χ1n) is 7.32. The molecule has 3 rings (SSSR count). The number of nitrogens with zero attached hydrogens (tertiary/aromatic N) is 2. The average Bonchev–Trinajstić information content (AvgIpc) is 2.86. The van der Waals surface area contributed by atoms with Crippen molar-refractivity contribution in [1.29, 1.82) is 0 Å². The first-order chi connectivity index (χ1) is 12.3. The second-order valence-corrected chi connectivity index (χ2v) is 6.80. The van der Waals surface area contributed by atoms with Gasteiger partial charge in [0.2, 0.25) is 0 Å². The van der Waals surface area contributed by atoms with Crippen molar-refractivity contribution in [2.45, 2.75) is 6.54 Å². The molecule has 0 atom stereocenters. The van der Waals surface area contributed by atoms with Gasteiger partial charge in [-0.2, -0.15) is 0 Å². The van der Waals surface area contributed by atoms with Crippen molar-refractivity contribution >= 4 is 46.3 Å². The zero-order valence-electron chi connectivity index (χ0n) is 13.1. The monoisotopic (exact) mass is 390 g/mol. The van der Waals surface area contributed by atoms with Crippen LogP contribution in [-0.2, 0) is 11.3 Å². The third-order valence-electron chi connectivity index (χ3n) is 3.63. The van der Waals surface area contributed by atoms with Gasteiger partial charge in [0.1, 0.15) is 5.75 Å². The first-order valence-corrected chi connectivity index (χ1v) is 8.52. The molecule has 1 aliphatic rings. The highest BCUT2D eigenvalue weighted by Crippen LogP contribution is 2.34. The second kappa shape index (κ2) is 7.19. The Balaban J connectivity index is 1.79. The molecule has 0 radical (unpaired) electrons. The lowest BCUT2D eigenvalue weighted by Gasteiger charge is -2.12. The Kier molecular flexibility index (Phi) is 4.97. The van der Waals surface area contributed by atoms with Gasteiger partial charge < -0.3 is 5.11 Å². The van der Waals surface area contributed by atoms with E-state index in [1.165, 1.54) is 42.5 Å². The van der Waals surface area contributed by atoms with Crippen LogP contribution in [0.4, 0.5) is 10.5 Å². The fraction of sp³-hybridized carbons (Fsp3) is 0.0588. The molecule has 2 amide bonds. The number of amides is 2. The molecule has 1 saturated heterocycles. The molecule has 2 aromatic rings. The van der Waals surface area contributed by atoms with E-state index >= 15 is 0 Å². The Morgan fingerprint density at radius 2 is 1.88 bits per heavy atom. The normalized spacial score (nSPS) is 15.7. The number of halogens is 1. The van der Waals surface area contributed by atoms with Crippen LogP contribution in [0.25, 0.3) is 6.08 Å². The maximum atomic E-state index is 12.5. The highest BCUT2D eigenvalue weighted by Gasteiger charge is 2.35. The Morgan fingerprint density at radius 3 is 2.50 bits per heavy atom. The largest absolute Gasteiger partial charge is 0.506 e. The van der Waals surface area contributed by atoms with Gasteiger partial charge in [0.05, 0.1) is 21.4 Å². The maximum Gasteiger partial charge on any atom is 0.293 e. The molecule has 1 N–H and O–H groups in total. The van der Waals surface area contributed by atoms with E-state index in [4.69, 9.17) is 11.6 Å². The fourth-order valence-electron chi connectivity index (χ4n) is 2.31. The number of rotatable bonds is 4. The molecule has 26 heavy (non-hydrogen) atoms. The molecule has 7 nitrogen and oxygen atoms in total. The number of carbonyl (C=O) groups excluding carboxylic acids is 2. The molecule has 0 saturated carbocycles. The second-order valence-electron chi connectivity index (χ2n) is 5.40. The van der Waals surface area contributed by atoms with E-state index in [1.807, 2.05) is 0 Å². The summed E-state index contributed by atoms with van der Waals surface area (Å²) >= 11 is 6.64. The summed E-state index contributed by atoms with van der Waals surface area (Å²) in [5.74, 6) is -0.530. The number of nitro groups is 1. The third kappa shape index (κ3) is 3.71. The van der Waals surface area contributed by atoms with Crippen LogP contribution < -0.4 is 0 Å². The van der Waals surface area contributed by atoms with Gasteiger partial charge in [0, 0.05) is 12.1 Å². The number of nitro benzene ring substituents is 1. The molecule has 1 fully saturated rings. The molecule has 0 spiro atoms. The summed E-state index contributed by atoms with van der Waals surface area (Å²) in [7, 11) is 0. The van der Waals surface area contributed by atoms with E-state index in [2.05, 4.69) is 0 Å². The summed E-state index contributed by atoms with van der Waals surface area (Å²) in [6.07, 6.45) is 1.52. The summed E-state index contributed by atoms with van der Waals surface area (Å²) in [6, 6.07) is 10.1. The molecule has 1 aliphatic heterocycles. The summed E-state index contributed by atoms with van der Waals surface area (Å²) < 4.78 is 0. The topological polar surface area (TPSA) is 101 Å². The number of carbonyl (C=O) groups is 2. The van der Waals surface area contributed by atoms with Gasteiger partial charge in [-0.1, -0.05) is 29.8 Å². The van der Waals surface area contributed by atoms with Crippen molar-refractivity contribution in [3.05, 3.63) is 73.6 Å². The third-order valence-corrected chi connectivity index (χ3v) is 4.84. The van der Waals surface area contributed by atoms with Crippen molar-refractivity contribution in [2.75, 3.05) is 0 Å². The average molecular weight is 391 g/mol. The van der Waals surface area contributed by atoms with Gasteiger partial charge in [-0.25, -0.2) is 0 Å². The Hall–Kier alpha value is -2.84. The van der Waals surface area contributed by atoms with E-state index in [1.54, 1.807) is 6.07 Å². The molecule has 0 aromatic heterocycles. The smallest absolute Gasteiger partial charge is 0.293 e. The minimum Gasteiger partial charge on any atom is -0.506 e. The highest BCUT2D eigenvalue weighted by atomic mass is 35.5. The van der Waals surface area contributed by atoms with Crippen LogP contribution in [0.1, 0.15) is 11.1 Å². The molecule has 1 heterocycles. The number of benzene rings is 2. The molecule has 0 unspecified atom stereocenters. The van der Waals surface area contributed by atoms with Crippen LogP contribution in [0.5, 0.6) is 5.75 Å². The zero-order chi connectivity index (χ0) is 18.8. The maximum absolute atomic E-state index is 12.5. The Bertz CT molecular complexity index is 943. The van der Waals surface area contributed by atoms with Gasteiger partial charge in [0.15, 0.2) is 0 Å². The SMILES string of the molecule is O=C1S/C(=C/c2ccc(O)c(Cl)c2)C(=O)N1Cc1ccc([N+](=O)[O-])cc1. The van der Waals surface area contributed by atoms with Crippen LogP contribution in [0.15, 0.2) is 47.4 Å². The lowest BCUT2D eigenvalue weighted by atomic mass is 10.2. The molecule has 0 aliphatic carbocycles. The van der Waals surface area contributed by atoms with Crippen LogP contribution >= 0.6 is 23.4 Å². The van der Waals surface area contributed by atoms with Crippen LogP contribution in [0.2, 0.25) is 5.02 Å². The van der Waals surface area contributed by atoms with Crippen molar-refractivity contribution in [3.8, 4) is 5.75 Å².